The number of carbonyl (C=O) groups is 2. The van der Waals surface area contributed by atoms with Crippen LogP contribution in [0.25, 0.3) is 0 Å². The summed E-state index contributed by atoms with van der Waals surface area (Å²) < 4.78 is 12.7. The minimum atomic E-state index is -1.15. The Kier molecular flexibility index (Phi) is 3.28. The molecule has 0 bridgehead atoms. The van der Waals surface area contributed by atoms with Gasteiger partial charge in [-0.1, -0.05) is 0 Å². The molecular weight excluding hydrogens is 253 g/mol. The number of aromatic carboxylic acids is 1. The van der Waals surface area contributed by atoms with E-state index in [9.17, 15) is 14.0 Å². The zero-order valence-electron chi connectivity index (χ0n) is 9.90. The van der Waals surface area contributed by atoms with Crippen molar-refractivity contribution in [2.45, 2.75) is 6.92 Å². The molecule has 0 spiro atoms. The number of anilines is 1. The zero-order chi connectivity index (χ0) is 14.0. The van der Waals surface area contributed by atoms with E-state index in [1.807, 2.05) is 0 Å². The molecule has 0 saturated carbocycles. The van der Waals surface area contributed by atoms with Crippen molar-refractivity contribution < 1.29 is 19.1 Å². The Morgan fingerprint density at radius 3 is 2.74 bits per heavy atom. The number of nitrogens with one attached hydrogen (secondary N) is 2. The molecule has 2 heterocycles. The predicted molar refractivity (Wildman–Crippen MR) is 64.6 cm³/mol. The molecule has 0 unspecified atom stereocenters. The molecule has 0 aromatic carbocycles. The summed E-state index contributed by atoms with van der Waals surface area (Å²) in [6, 6.07) is 2.31. The maximum absolute atomic E-state index is 12.7. The summed E-state index contributed by atoms with van der Waals surface area (Å²) in [4.78, 5) is 29.2. The first kappa shape index (κ1) is 12.7. The third kappa shape index (κ3) is 2.59. The van der Waals surface area contributed by atoms with E-state index in [0.29, 0.717) is 5.69 Å². The van der Waals surface area contributed by atoms with E-state index in [-0.39, 0.29) is 16.9 Å². The molecule has 0 aliphatic rings. The van der Waals surface area contributed by atoms with Crippen molar-refractivity contribution in [3.8, 4) is 0 Å². The smallest absolute Gasteiger partial charge is 0.339 e. The van der Waals surface area contributed by atoms with Crippen molar-refractivity contribution in [3.63, 3.8) is 0 Å². The zero-order valence-corrected chi connectivity index (χ0v) is 9.90. The van der Waals surface area contributed by atoms with Crippen molar-refractivity contribution in [3.05, 3.63) is 47.3 Å². The molecule has 0 aliphatic heterocycles. The maximum atomic E-state index is 12.7. The Balaban J connectivity index is 2.24. The fraction of sp³-hybridized carbons (Fsp3) is 0.0833. The SMILES string of the molecule is Cc1[nH]cc(NC(=O)c2ccc(F)cn2)c1C(=O)O. The van der Waals surface area contributed by atoms with Crippen LogP contribution in [0.2, 0.25) is 0 Å². The number of H-pyrrole nitrogens is 1. The van der Waals surface area contributed by atoms with Crippen LogP contribution in [-0.2, 0) is 0 Å². The number of nitrogens with zero attached hydrogens (tertiary/aromatic N) is 1. The first-order valence-corrected chi connectivity index (χ1v) is 5.33. The Bertz CT molecular complexity index is 634. The Morgan fingerprint density at radius 1 is 1.42 bits per heavy atom. The van der Waals surface area contributed by atoms with E-state index in [1.165, 1.54) is 12.3 Å². The van der Waals surface area contributed by atoms with Gasteiger partial charge in [-0.3, -0.25) is 4.79 Å². The average Bonchev–Trinajstić information content (AvgIpc) is 2.71. The highest BCUT2D eigenvalue weighted by Gasteiger charge is 2.18. The van der Waals surface area contributed by atoms with Gasteiger partial charge in [0, 0.05) is 11.9 Å². The van der Waals surface area contributed by atoms with Gasteiger partial charge < -0.3 is 15.4 Å². The second-order valence-electron chi connectivity index (χ2n) is 3.82. The predicted octanol–water partition coefficient (Wildman–Crippen LogP) is 1.81. The largest absolute Gasteiger partial charge is 0.478 e. The van der Waals surface area contributed by atoms with Crippen molar-refractivity contribution in [1.29, 1.82) is 0 Å². The summed E-state index contributed by atoms with van der Waals surface area (Å²) in [5, 5.41) is 11.4. The number of carboxylic acids is 1. The first-order chi connectivity index (χ1) is 8.99. The molecule has 19 heavy (non-hydrogen) atoms. The number of pyridine rings is 1. The van der Waals surface area contributed by atoms with E-state index in [2.05, 4.69) is 15.3 Å². The molecule has 2 aromatic rings. The summed E-state index contributed by atoms with van der Waals surface area (Å²) in [6.45, 7) is 1.58. The van der Waals surface area contributed by atoms with E-state index < -0.39 is 17.7 Å². The Labute approximate surface area is 107 Å². The van der Waals surface area contributed by atoms with Gasteiger partial charge in [-0.05, 0) is 19.1 Å². The molecule has 1 amide bonds. The van der Waals surface area contributed by atoms with E-state index in [0.717, 1.165) is 12.3 Å². The van der Waals surface area contributed by atoms with Crippen LogP contribution in [0, 0.1) is 12.7 Å². The molecule has 98 valence electrons. The number of amides is 1. The molecule has 6 nitrogen and oxygen atoms in total. The number of carboxylic acid groups (broad SMARTS) is 1. The van der Waals surface area contributed by atoms with E-state index >= 15 is 0 Å². The lowest BCUT2D eigenvalue weighted by molar-refractivity contribution is 0.0697. The number of carbonyl (C=O) groups excluding carboxylic acids is 1. The highest BCUT2D eigenvalue weighted by Crippen LogP contribution is 2.19. The van der Waals surface area contributed by atoms with Gasteiger partial charge in [0.2, 0.25) is 0 Å². The van der Waals surface area contributed by atoms with Gasteiger partial charge in [-0.25, -0.2) is 14.2 Å². The second-order valence-corrected chi connectivity index (χ2v) is 3.82. The van der Waals surface area contributed by atoms with Crippen LogP contribution < -0.4 is 5.32 Å². The number of hydrogen-bond donors (Lipinski definition) is 3. The lowest BCUT2D eigenvalue weighted by Gasteiger charge is -2.04. The van der Waals surface area contributed by atoms with Gasteiger partial charge in [-0.2, -0.15) is 0 Å². The molecule has 0 fully saturated rings. The standard InChI is InChI=1S/C12H10FN3O3/c1-6-10(12(18)19)9(5-14-6)16-11(17)8-3-2-7(13)4-15-8/h2-5,14H,1H3,(H,16,17)(H,18,19). The fourth-order valence-electron chi connectivity index (χ4n) is 1.60. The lowest BCUT2D eigenvalue weighted by atomic mass is 10.2. The van der Waals surface area contributed by atoms with E-state index in [4.69, 9.17) is 5.11 Å². The van der Waals surface area contributed by atoms with Crippen molar-refractivity contribution >= 4 is 17.6 Å². The molecule has 0 saturated heterocycles. The van der Waals surface area contributed by atoms with Crippen molar-refractivity contribution in [1.82, 2.24) is 9.97 Å². The monoisotopic (exact) mass is 263 g/mol. The summed E-state index contributed by atoms with van der Waals surface area (Å²) in [6.07, 6.45) is 2.29. The third-order valence-electron chi connectivity index (χ3n) is 2.50. The number of aryl methyl sites for hydroxylation is 1. The van der Waals surface area contributed by atoms with Gasteiger partial charge in [-0.15, -0.1) is 0 Å². The quantitative estimate of drug-likeness (QED) is 0.787. The number of aromatic amines is 1. The van der Waals surface area contributed by atoms with Crippen LogP contribution >= 0.6 is 0 Å². The van der Waals surface area contributed by atoms with Crippen LogP contribution in [0.15, 0.2) is 24.5 Å². The summed E-state index contributed by atoms with van der Waals surface area (Å²) >= 11 is 0. The van der Waals surface area contributed by atoms with Gasteiger partial charge in [0.1, 0.15) is 17.1 Å². The maximum Gasteiger partial charge on any atom is 0.339 e. The van der Waals surface area contributed by atoms with Crippen LogP contribution in [0.4, 0.5) is 10.1 Å². The molecular formula is C12H10FN3O3. The van der Waals surface area contributed by atoms with Gasteiger partial charge >= 0.3 is 5.97 Å². The second kappa shape index (κ2) is 4.89. The minimum absolute atomic E-state index is 0.00316. The third-order valence-corrected chi connectivity index (χ3v) is 2.50. The van der Waals surface area contributed by atoms with Gasteiger partial charge in [0.05, 0.1) is 11.9 Å². The van der Waals surface area contributed by atoms with Crippen LogP contribution in [-0.4, -0.2) is 27.0 Å². The highest BCUT2D eigenvalue weighted by atomic mass is 19.1. The molecule has 2 aromatic heterocycles. The molecule has 2 rings (SSSR count). The summed E-state index contributed by atoms with van der Waals surface area (Å²) in [7, 11) is 0. The first-order valence-electron chi connectivity index (χ1n) is 5.33. The topological polar surface area (TPSA) is 95.1 Å². The molecule has 0 atom stereocenters. The van der Waals surface area contributed by atoms with Gasteiger partial charge in [0.25, 0.3) is 5.91 Å². The van der Waals surface area contributed by atoms with Crippen LogP contribution in [0.3, 0.4) is 0 Å². The number of rotatable bonds is 3. The molecule has 0 aliphatic carbocycles. The molecule has 0 radical (unpaired) electrons. The Hall–Kier alpha value is -2.70. The lowest BCUT2D eigenvalue weighted by Crippen LogP contribution is -2.15. The van der Waals surface area contributed by atoms with Gasteiger partial charge in [0.15, 0.2) is 0 Å². The Morgan fingerprint density at radius 2 is 2.16 bits per heavy atom. The number of hydrogen-bond acceptors (Lipinski definition) is 3. The molecule has 3 N–H and O–H groups in total. The summed E-state index contributed by atoms with van der Waals surface area (Å²) in [5.41, 5.74) is 0.544. The normalized spacial score (nSPS) is 10.2. The number of aromatic nitrogens is 2. The van der Waals surface area contributed by atoms with E-state index in [1.54, 1.807) is 6.92 Å². The highest BCUT2D eigenvalue weighted by molar-refractivity contribution is 6.07. The van der Waals surface area contributed by atoms with Crippen molar-refractivity contribution in [2.24, 2.45) is 0 Å². The van der Waals surface area contributed by atoms with Crippen LogP contribution in [0.1, 0.15) is 26.5 Å². The van der Waals surface area contributed by atoms with Crippen LogP contribution in [0.5, 0.6) is 0 Å². The fourth-order valence-corrected chi connectivity index (χ4v) is 1.60. The average molecular weight is 263 g/mol. The summed E-state index contributed by atoms with van der Waals surface area (Å²) in [5.74, 6) is -2.32. The minimum Gasteiger partial charge on any atom is -0.478 e. The van der Waals surface area contributed by atoms with Crippen molar-refractivity contribution in [2.75, 3.05) is 5.32 Å². The number of halogens is 1. The molecule has 7 heteroatoms.